The monoisotopic (exact) mass is 254 g/mol. The molecule has 0 radical (unpaired) electrons. The summed E-state index contributed by atoms with van der Waals surface area (Å²) in [5, 5.41) is 8.77. The predicted octanol–water partition coefficient (Wildman–Crippen LogP) is 2.68. The molecule has 0 aliphatic heterocycles. The van der Waals surface area contributed by atoms with Gasteiger partial charge in [0.1, 0.15) is 6.33 Å². The van der Waals surface area contributed by atoms with Crippen molar-refractivity contribution in [1.82, 2.24) is 9.97 Å². The van der Waals surface area contributed by atoms with Crippen molar-refractivity contribution in [2.75, 3.05) is 5.73 Å². The molecule has 0 saturated carbocycles. The molecule has 5 heteroatoms. The Morgan fingerprint density at radius 1 is 1.32 bits per heavy atom. The molecule has 0 spiro atoms. The van der Waals surface area contributed by atoms with E-state index in [0.717, 1.165) is 18.5 Å². The lowest BCUT2D eigenvalue weighted by molar-refractivity contribution is 0.462. The lowest BCUT2D eigenvalue weighted by Crippen LogP contribution is -1.97. The largest absolute Gasteiger partial charge is 0.437 e. The molecule has 0 atom stereocenters. The molecule has 0 saturated heterocycles. The summed E-state index contributed by atoms with van der Waals surface area (Å²) in [6.45, 7) is 2.08. The highest BCUT2D eigenvalue weighted by molar-refractivity contribution is 5.57. The van der Waals surface area contributed by atoms with Crippen molar-refractivity contribution in [3.05, 3.63) is 41.9 Å². The molecular weight excluding hydrogens is 240 g/mol. The van der Waals surface area contributed by atoms with Crippen LogP contribution < -0.4 is 10.5 Å². The fourth-order valence-corrected chi connectivity index (χ4v) is 1.65. The van der Waals surface area contributed by atoms with Crippen molar-refractivity contribution in [1.29, 1.82) is 5.26 Å². The van der Waals surface area contributed by atoms with Crippen LogP contribution >= 0.6 is 0 Å². The minimum atomic E-state index is 0.412. The van der Waals surface area contributed by atoms with Crippen LogP contribution in [-0.4, -0.2) is 9.97 Å². The van der Waals surface area contributed by atoms with Gasteiger partial charge in [0, 0.05) is 11.8 Å². The molecule has 1 aromatic heterocycles. The number of hydrogen-bond donors (Lipinski definition) is 1. The minimum absolute atomic E-state index is 0.412. The average molecular weight is 254 g/mol. The van der Waals surface area contributed by atoms with Crippen molar-refractivity contribution < 1.29 is 4.74 Å². The summed E-state index contributed by atoms with van der Waals surface area (Å²) in [7, 11) is 0. The Labute approximate surface area is 111 Å². The topological polar surface area (TPSA) is 84.8 Å². The van der Waals surface area contributed by atoms with Gasteiger partial charge in [0.2, 0.25) is 5.88 Å². The summed E-state index contributed by atoms with van der Waals surface area (Å²) in [5.74, 6) is 0.940. The van der Waals surface area contributed by atoms with E-state index in [9.17, 15) is 0 Å². The summed E-state index contributed by atoms with van der Waals surface area (Å²) in [5.41, 5.74) is 7.66. The molecule has 19 heavy (non-hydrogen) atoms. The second-order valence-corrected chi connectivity index (χ2v) is 4.06. The van der Waals surface area contributed by atoms with Gasteiger partial charge in [-0.2, -0.15) is 5.26 Å². The average Bonchev–Trinajstić information content (AvgIpc) is 2.42. The van der Waals surface area contributed by atoms with Crippen LogP contribution in [0.15, 0.2) is 30.6 Å². The molecule has 0 amide bonds. The van der Waals surface area contributed by atoms with Crippen molar-refractivity contribution in [3.8, 4) is 17.7 Å². The third kappa shape index (κ3) is 3.19. The number of anilines is 1. The molecule has 96 valence electrons. The van der Waals surface area contributed by atoms with Gasteiger partial charge in [-0.05, 0) is 24.6 Å². The number of benzene rings is 1. The van der Waals surface area contributed by atoms with Gasteiger partial charge in [0.05, 0.1) is 17.3 Å². The Hall–Kier alpha value is -2.61. The smallest absolute Gasteiger partial charge is 0.222 e. The molecule has 5 nitrogen and oxygen atoms in total. The fraction of sp³-hybridized carbons (Fsp3) is 0.214. The van der Waals surface area contributed by atoms with Crippen LogP contribution in [-0.2, 0) is 6.42 Å². The van der Waals surface area contributed by atoms with Crippen LogP contribution in [0.3, 0.4) is 0 Å². The summed E-state index contributed by atoms with van der Waals surface area (Å²) in [6.07, 6.45) is 3.36. The van der Waals surface area contributed by atoms with Gasteiger partial charge in [0.15, 0.2) is 5.75 Å². The number of nitrogens with two attached hydrogens (primary N) is 1. The first-order chi connectivity index (χ1) is 9.22. The van der Waals surface area contributed by atoms with Gasteiger partial charge in [0.25, 0.3) is 0 Å². The van der Waals surface area contributed by atoms with E-state index in [0.29, 0.717) is 22.9 Å². The lowest BCUT2D eigenvalue weighted by Gasteiger charge is -2.08. The Kier molecular flexibility index (Phi) is 3.94. The maximum atomic E-state index is 8.77. The third-order valence-corrected chi connectivity index (χ3v) is 2.56. The third-order valence-electron chi connectivity index (χ3n) is 2.56. The fourth-order valence-electron chi connectivity index (χ4n) is 1.65. The summed E-state index contributed by atoms with van der Waals surface area (Å²) < 4.78 is 5.61. The van der Waals surface area contributed by atoms with Crippen LogP contribution in [0.4, 0.5) is 5.69 Å². The van der Waals surface area contributed by atoms with E-state index < -0.39 is 0 Å². The van der Waals surface area contributed by atoms with Crippen molar-refractivity contribution in [2.45, 2.75) is 19.8 Å². The number of nitrogens with zero attached hydrogens (tertiary/aromatic N) is 3. The van der Waals surface area contributed by atoms with E-state index in [1.54, 1.807) is 24.3 Å². The number of ether oxygens (including phenoxy) is 1. The standard InChI is InChI=1S/C14H14N4O/c1-2-3-11-7-14(18-9-17-11)19-13-5-4-10(8-15)6-12(13)16/h4-7,9H,2-3,16H2,1H3. The van der Waals surface area contributed by atoms with E-state index in [-0.39, 0.29) is 0 Å². The van der Waals surface area contributed by atoms with Crippen molar-refractivity contribution >= 4 is 5.69 Å². The highest BCUT2D eigenvalue weighted by atomic mass is 16.5. The van der Waals surface area contributed by atoms with E-state index in [1.165, 1.54) is 6.33 Å². The predicted molar refractivity (Wildman–Crippen MR) is 71.7 cm³/mol. The SMILES string of the molecule is CCCc1cc(Oc2ccc(C#N)cc2N)ncn1. The van der Waals surface area contributed by atoms with Crippen LogP contribution in [0.25, 0.3) is 0 Å². The molecule has 0 aliphatic carbocycles. The zero-order chi connectivity index (χ0) is 13.7. The van der Waals surface area contributed by atoms with Crippen LogP contribution in [0, 0.1) is 11.3 Å². The van der Waals surface area contributed by atoms with Crippen LogP contribution in [0.5, 0.6) is 11.6 Å². The van der Waals surface area contributed by atoms with Gasteiger partial charge in [-0.15, -0.1) is 0 Å². The van der Waals surface area contributed by atoms with Crippen LogP contribution in [0.2, 0.25) is 0 Å². The first-order valence-corrected chi connectivity index (χ1v) is 6.01. The Morgan fingerprint density at radius 2 is 2.16 bits per heavy atom. The summed E-state index contributed by atoms with van der Waals surface area (Å²) in [6, 6.07) is 8.70. The quantitative estimate of drug-likeness (QED) is 0.848. The Bertz CT molecular complexity index is 619. The Morgan fingerprint density at radius 3 is 2.84 bits per heavy atom. The molecule has 2 N–H and O–H groups in total. The lowest BCUT2D eigenvalue weighted by atomic mass is 10.2. The number of nitrogen functional groups attached to an aromatic ring is 1. The van der Waals surface area contributed by atoms with Crippen LogP contribution in [0.1, 0.15) is 24.6 Å². The van der Waals surface area contributed by atoms with Crippen molar-refractivity contribution in [3.63, 3.8) is 0 Å². The van der Waals surface area contributed by atoms with E-state index >= 15 is 0 Å². The van der Waals surface area contributed by atoms with Gasteiger partial charge < -0.3 is 10.5 Å². The minimum Gasteiger partial charge on any atom is -0.437 e. The molecule has 0 aliphatic rings. The second-order valence-electron chi connectivity index (χ2n) is 4.06. The first-order valence-electron chi connectivity index (χ1n) is 6.01. The molecule has 0 fully saturated rings. The van der Waals surface area contributed by atoms with Gasteiger partial charge in [-0.1, -0.05) is 13.3 Å². The molecule has 2 aromatic rings. The molecular formula is C14H14N4O. The molecule has 0 bridgehead atoms. The molecule has 1 aromatic carbocycles. The molecule has 1 heterocycles. The highest BCUT2D eigenvalue weighted by Gasteiger charge is 2.05. The van der Waals surface area contributed by atoms with Gasteiger partial charge in [-0.3, -0.25) is 0 Å². The maximum absolute atomic E-state index is 8.77. The number of hydrogen-bond acceptors (Lipinski definition) is 5. The normalized spacial score (nSPS) is 9.89. The van der Waals surface area contributed by atoms with Gasteiger partial charge >= 0.3 is 0 Å². The zero-order valence-corrected chi connectivity index (χ0v) is 10.6. The van der Waals surface area contributed by atoms with E-state index in [4.69, 9.17) is 15.7 Å². The number of aromatic nitrogens is 2. The van der Waals surface area contributed by atoms with Crippen molar-refractivity contribution in [2.24, 2.45) is 0 Å². The number of aryl methyl sites for hydroxylation is 1. The molecule has 2 rings (SSSR count). The van der Waals surface area contributed by atoms with E-state index in [2.05, 4.69) is 16.9 Å². The highest BCUT2D eigenvalue weighted by Crippen LogP contribution is 2.27. The summed E-state index contributed by atoms with van der Waals surface area (Å²) in [4.78, 5) is 8.20. The molecule has 0 unspecified atom stereocenters. The second kappa shape index (κ2) is 5.83. The van der Waals surface area contributed by atoms with Gasteiger partial charge in [-0.25, -0.2) is 9.97 Å². The number of nitriles is 1. The zero-order valence-electron chi connectivity index (χ0n) is 10.6. The van der Waals surface area contributed by atoms with E-state index in [1.807, 2.05) is 6.07 Å². The first kappa shape index (κ1) is 12.8. The summed E-state index contributed by atoms with van der Waals surface area (Å²) >= 11 is 0. The Balaban J connectivity index is 2.21. The maximum Gasteiger partial charge on any atom is 0.222 e. The number of rotatable bonds is 4.